The molecule has 2 aromatic rings. The highest BCUT2D eigenvalue weighted by molar-refractivity contribution is 6.30. The van der Waals surface area contributed by atoms with Crippen molar-refractivity contribution in [3.05, 3.63) is 58.6 Å². The highest BCUT2D eigenvalue weighted by Gasteiger charge is 2.59. The summed E-state index contributed by atoms with van der Waals surface area (Å²) in [6.07, 6.45) is 5.34. The number of fused-ring (bicyclic) bond motifs is 2. The van der Waals surface area contributed by atoms with Gasteiger partial charge in [0, 0.05) is 16.9 Å². The largest absolute Gasteiger partial charge is 0.298 e. The van der Waals surface area contributed by atoms with Gasteiger partial charge in [0.25, 0.3) is 0 Å². The van der Waals surface area contributed by atoms with Crippen LogP contribution in [0.3, 0.4) is 0 Å². The summed E-state index contributed by atoms with van der Waals surface area (Å²) in [4.78, 5) is 26.9. The van der Waals surface area contributed by atoms with Crippen LogP contribution in [-0.4, -0.2) is 11.6 Å². The van der Waals surface area contributed by atoms with Crippen LogP contribution in [0.25, 0.3) is 11.1 Å². The molecule has 28 heavy (non-hydrogen) atoms. The van der Waals surface area contributed by atoms with Crippen LogP contribution in [0.15, 0.2) is 42.5 Å². The Balaban J connectivity index is 1.58. The van der Waals surface area contributed by atoms with Crippen molar-refractivity contribution in [2.24, 2.45) is 23.7 Å². The fourth-order valence-electron chi connectivity index (χ4n) is 6.11. The number of ketones is 2. The number of halogens is 1. The van der Waals surface area contributed by atoms with E-state index in [1.54, 1.807) is 0 Å². The molecular weight excluding hydrogens is 368 g/mol. The Hall–Kier alpha value is -1.93. The first kappa shape index (κ1) is 18.1. The molecule has 2 bridgehead atoms. The molecule has 3 atom stereocenters. The van der Waals surface area contributed by atoms with Crippen molar-refractivity contribution in [3.8, 4) is 11.1 Å². The lowest BCUT2D eigenvalue weighted by atomic mass is 9.59. The van der Waals surface area contributed by atoms with Gasteiger partial charge in [0.05, 0.1) is 0 Å². The average molecular weight is 393 g/mol. The molecule has 3 heteroatoms. The smallest absolute Gasteiger partial charge is 0.151 e. The normalized spacial score (nSPS) is 31.3. The zero-order valence-corrected chi connectivity index (χ0v) is 16.9. The first-order valence-corrected chi connectivity index (χ1v) is 10.9. The van der Waals surface area contributed by atoms with Crippen LogP contribution in [0.5, 0.6) is 0 Å². The molecule has 0 aliphatic heterocycles. The molecule has 0 amide bonds. The summed E-state index contributed by atoms with van der Waals surface area (Å²) in [6, 6.07) is 14.0. The Morgan fingerprint density at radius 2 is 1.36 bits per heavy atom. The molecule has 4 aliphatic carbocycles. The van der Waals surface area contributed by atoms with E-state index in [-0.39, 0.29) is 23.4 Å². The second-order valence-electron chi connectivity index (χ2n) is 8.74. The molecule has 0 saturated heterocycles. The fourth-order valence-corrected chi connectivity index (χ4v) is 6.23. The minimum absolute atomic E-state index is 0.0195. The van der Waals surface area contributed by atoms with Crippen molar-refractivity contribution in [1.29, 1.82) is 0 Å². The lowest BCUT2D eigenvalue weighted by Gasteiger charge is -2.43. The third kappa shape index (κ3) is 2.69. The van der Waals surface area contributed by atoms with E-state index in [9.17, 15) is 9.59 Å². The highest BCUT2D eigenvalue weighted by atomic mass is 35.5. The predicted octanol–water partition coefficient (Wildman–Crippen LogP) is 5.86. The molecular formula is C25H25ClO2. The SMILES string of the molecule is CCc1ccc(-c2ccc(Cl)cc2)cc1C1C(=O)[C@@H]2C3CCC(CC3)[C@@H]2C1=O. The van der Waals surface area contributed by atoms with E-state index < -0.39 is 5.92 Å². The van der Waals surface area contributed by atoms with E-state index >= 15 is 0 Å². The number of carbonyl (C=O) groups is 2. The Bertz CT molecular complexity index is 908. The first-order chi connectivity index (χ1) is 13.6. The van der Waals surface area contributed by atoms with Crippen LogP contribution in [-0.2, 0) is 16.0 Å². The number of aryl methyl sites for hydroxylation is 1. The molecule has 0 N–H and O–H groups in total. The zero-order valence-electron chi connectivity index (χ0n) is 16.2. The maximum Gasteiger partial charge on any atom is 0.151 e. The van der Waals surface area contributed by atoms with Gasteiger partial charge in [-0.05, 0) is 84.4 Å². The quantitative estimate of drug-likeness (QED) is 0.613. The topological polar surface area (TPSA) is 34.1 Å². The van der Waals surface area contributed by atoms with Gasteiger partial charge in [0.2, 0.25) is 0 Å². The summed E-state index contributed by atoms with van der Waals surface area (Å²) in [7, 11) is 0. The van der Waals surface area contributed by atoms with Crippen molar-refractivity contribution < 1.29 is 9.59 Å². The molecule has 2 aromatic carbocycles. The Morgan fingerprint density at radius 1 is 0.821 bits per heavy atom. The molecule has 144 valence electrons. The molecule has 0 heterocycles. The van der Waals surface area contributed by atoms with Gasteiger partial charge in [0.1, 0.15) is 5.92 Å². The van der Waals surface area contributed by atoms with Crippen molar-refractivity contribution in [3.63, 3.8) is 0 Å². The van der Waals surface area contributed by atoms with Crippen LogP contribution in [0.2, 0.25) is 5.02 Å². The third-order valence-corrected chi connectivity index (χ3v) is 7.71. The molecule has 2 nitrogen and oxygen atoms in total. The molecule has 4 fully saturated rings. The second kappa shape index (κ2) is 6.84. The number of hydrogen-bond acceptors (Lipinski definition) is 2. The number of hydrogen-bond donors (Lipinski definition) is 0. The molecule has 4 aliphatic rings. The van der Waals surface area contributed by atoms with Gasteiger partial charge in [-0.25, -0.2) is 0 Å². The van der Waals surface area contributed by atoms with E-state index in [4.69, 9.17) is 11.6 Å². The van der Waals surface area contributed by atoms with E-state index in [0.29, 0.717) is 16.9 Å². The lowest BCUT2D eigenvalue weighted by molar-refractivity contribution is -0.129. The molecule has 0 spiro atoms. The first-order valence-electron chi connectivity index (χ1n) is 10.5. The highest BCUT2D eigenvalue weighted by Crippen LogP contribution is 2.56. The Kier molecular flexibility index (Phi) is 4.43. The monoisotopic (exact) mass is 392 g/mol. The van der Waals surface area contributed by atoms with Crippen LogP contribution in [0.4, 0.5) is 0 Å². The minimum atomic E-state index is -0.557. The number of carbonyl (C=O) groups excluding carboxylic acids is 2. The summed E-state index contributed by atoms with van der Waals surface area (Å²) in [6.45, 7) is 2.10. The number of benzene rings is 2. The molecule has 4 saturated carbocycles. The summed E-state index contributed by atoms with van der Waals surface area (Å²) in [5, 5.41) is 0.704. The van der Waals surface area contributed by atoms with Gasteiger partial charge < -0.3 is 0 Å². The summed E-state index contributed by atoms with van der Waals surface area (Å²) in [5.74, 6) is 0.669. The summed E-state index contributed by atoms with van der Waals surface area (Å²) < 4.78 is 0. The third-order valence-electron chi connectivity index (χ3n) is 7.46. The van der Waals surface area contributed by atoms with E-state index in [2.05, 4.69) is 25.1 Å². The van der Waals surface area contributed by atoms with Crippen LogP contribution >= 0.6 is 11.6 Å². The van der Waals surface area contributed by atoms with Crippen molar-refractivity contribution in [2.45, 2.75) is 44.9 Å². The predicted molar refractivity (Wildman–Crippen MR) is 111 cm³/mol. The molecule has 1 unspecified atom stereocenters. The van der Waals surface area contributed by atoms with E-state index in [1.165, 1.54) is 0 Å². The van der Waals surface area contributed by atoms with Crippen molar-refractivity contribution in [2.75, 3.05) is 0 Å². The van der Waals surface area contributed by atoms with Crippen LogP contribution in [0, 0.1) is 23.7 Å². The van der Waals surface area contributed by atoms with Gasteiger partial charge in [-0.1, -0.05) is 42.8 Å². The standard InChI is InChI=1S/C25H25ClO2/c1-2-14-3-8-18(15-9-11-19(26)12-10-15)13-20(14)23-24(27)21-16-4-5-17(7-6-16)22(21)25(23)28/h3,8-13,16-17,21-23H,2,4-7H2,1H3/t16?,17?,21-,22+,23?. The van der Waals surface area contributed by atoms with Gasteiger partial charge in [0.15, 0.2) is 11.6 Å². The van der Waals surface area contributed by atoms with Gasteiger partial charge in [-0.3, -0.25) is 9.59 Å². The van der Waals surface area contributed by atoms with Crippen molar-refractivity contribution >= 4 is 23.2 Å². The minimum Gasteiger partial charge on any atom is -0.298 e. The molecule has 0 aromatic heterocycles. The van der Waals surface area contributed by atoms with Gasteiger partial charge >= 0.3 is 0 Å². The fraction of sp³-hybridized carbons (Fsp3) is 0.440. The maximum atomic E-state index is 13.5. The molecule has 6 rings (SSSR count). The Labute approximate surface area is 171 Å². The zero-order chi connectivity index (χ0) is 19.4. The number of rotatable bonds is 3. The lowest BCUT2D eigenvalue weighted by Crippen LogP contribution is -2.41. The second-order valence-corrected chi connectivity index (χ2v) is 9.17. The van der Waals surface area contributed by atoms with Crippen LogP contribution < -0.4 is 0 Å². The van der Waals surface area contributed by atoms with E-state index in [1.807, 2.05) is 24.3 Å². The summed E-state index contributed by atoms with van der Waals surface area (Å²) >= 11 is 6.03. The van der Waals surface area contributed by atoms with Gasteiger partial charge in [-0.2, -0.15) is 0 Å². The molecule has 0 radical (unpaired) electrons. The number of Topliss-reactive ketones (excluding diaryl/α,β-unsaturated/α-hetero) is 2. The van der Waals surface area contributed by atoms with Gasteiger partial charge in [-0.15, -0.1) is 0 Å². The van der Waals surface area contributed by atoms with Crippen molar-refractivity contribution in [1.82, 2.24) is 0 Å². The van der Waals surface area contributed by atoms with Crippen LogP contribution in [0.1, 0.15) is 49.7 Å². The summed E-state index contributed by atoms with van der Waals surface area (Å²) in [5.41, 5.74) is 4.17. The Morgan fingerprint density at radius 3 is 1.89 bits per heavy atom. The maximum absolute atomic E-state index is 13.5. The average Bonchev–Trinajstić information content (AvgIpc) is 3.01. The van der Waals surface area contributed by atoms with E-state index in [0.717, 1.165) is 54.4 Å².